The molecule has 1 aliphatic rings. The normalized spacial score (nSPS) is 18.2. The number of hydrogen-bond acceptors (Lipinski definition) is 5. The predicted molar refractivity (Wildman–Crippen MR) is 118 cm³/mol. The van der Waals surface area contributed by atoms with Crippen LogP contribution in [0.5, 0.6) is 5.75 Å². The Balaban J connectivity index is 1.76. The number of nitrogens with one attached hydrogen (secondary N) is 1. The predicted octanol–water partition coefficient (Wildman–Crippen LogP) is 5.49. The molecule has 1 atom stereocenters. The van der Waals surface area contributed by atoms with Crippen LogP contribution in [0.3, 0.4) is 0 Å². The van der Waals surface area contributed by atoms with Gasteiger partial charge in [-0.1, -0.05) is 23.4 Å². The highest BCUT2D eigenvalue weighted by molar-refractivity contribution is 8.15. The van der Waals surface area contributed by atoms with Crippen molar-refractivity contribution in [2.45, 2.75) is 24.2 Å². The number of carbonyl (C=O) groups is 2. The van der Waals surface area contributed by atoms with E-state index in [-0.39, 0.29) is 24.0 Å². The van der Waals surface area contributed by atoms with Crippen LogP contribution in [0.25, 0.3) is 0 Å². The number of carbonyl (C=O) groups excluding carboxylic acids is 2. The van der Waals surface area contributed by atoms with E-state index in [1.807, 2.05) is 0 Å². The van der Waals surface area contributed by atoms with Crippen molar-refractivity contribution in [2.75, 3.05) is 11.9 Å². The lowest BCUT2D eigenvalue weighted by molar-refractivity contribution is -0.129. The van der Waals surface area contributed by atoms with Gasteiger partial charge in [0, 0.05) is 35.3 Å². The Bertz CT molecular complexity index is 983. The zero-order valence-corrected chi connectivity index (χ0v) is 18.5. The number of amidine groups is 1. The largest absolute Gasteiger partial charge is 0.487 e. The molecular formula is C20H17Cl2F2N3O3S. The van der Waals surface area contributed by atoms with E-state index in [0.29, 0.717) is 28.1 Å². The summed E-state index contributed by atoms with van der Waals surface area (Å²) in [4.78, 5) is 31.1. The number of benzene rings is 2. The molecule has 1 aliphatic heterocycles. The molecule has 0 spiro atoms. The van der Waals surface area contributed by atoms with Gasteiger partial charge in [-0.15, -0.1) is 8.78 Å². The van der Waals surface area contributed by atoms with Crippen molar-refractivity contribution < 1.29 is 23.1 Å². The lowest BCUT2D eigenvalue weighted by Gasteiger charge is -2.30. The van der Waals surface area contributed by atoms with Gasteiger partial charge in [0.25, 0.3) is 0 Å². The first-order valence-corrected chi connectivity index (χ1v) is 10.8. The molecule has 2 aromatic carbocycles. The van der Waals surface area contributed by atoms with E-state index in [2.05, 4.69) is 15.0 Å². The Hall–Kier alpha value is -2.36. The first-order valence-electron chi connectivity index (χ1n) is 9.12. The average Bonchev–Trinajstić information content (AvgIpc) is 2.70. The van der Waals surface area contributed by atoms with Crippen LogP contribution >= 0.6 is 35.0 Å². The molecular weight excluding hydrogens is 471 g/mol. The van der Waals surface area contributed by atoms with Gasteiger partial charge in [-0.2, -0.15) is 0 Å². The van der Waals surface area contributed by atoms with Crippen LogP contribution in [0.4, 0.5) is 20.2 Å². The molecule has 0 aliphatic carbocycles. The zero-order chi connectivity index (χ0) is 22.6. The van der Waals surface area contributed by atoms with Gasteiger partial charge in [-0.3, -0.25) is 14.5 Å². The summed E-state index contributed by atoms with van der Waals surface area (Å²) in [6.07, 6.45) is 0.0224. The number of nitrogens with zero attached hydrogens (tertiary/aromatic N) is 2. The Morgan fingerprint density at radius 2 is 1.90 bits per heavy atom. The summed E-state index contributed by atoms with van der Waals surface area (Å²) < 4.78 is 29.8. The summed E-state index contributed by atoms with van der Waals surface area (Å²) in [5, 5.41) is 2.96. The van der Waals surface area contributed by atoms with Crippen LogP contribution in [-0.2, 0) is 9.59 Å². The van der Waals surface area contributed by atoms with Crippen LogP contribution in [0, 0.1) is 0 Å². The Morgan fingerprint density at radius 1 is 1.26 bits per heavy atom. The lowest BCUT2D eigenvalue weighted by atomic mass is 10.2. The fourth-order valence-electron chi connectivity index (χ4n) is 2.74. The topological polar surface area (TPSA) is 71.0 Å². The first kappa shape index (κ1) is 23.3. The maximum Gasteiger partial charge on any atom is 0.487 e. The second kappa shape index (κ2) is 9.84. The third-order valence-corrected chi connectivity index (χ3v) is 5.67. The van der Waals surface area contributed by atoms with Crippen molar-refractivity contribution in [3.8, 4) is 5.75 Å². The standard InChI is InChI=1S/C20H17Cl2F2N3O3S/c1-2-27-17(28)11-16(18(29)25-13-5-3-12(21)4-6-13)31-19(27)26-14-7-9-15(10-8-14)30-20(22,23)24/h3-10,16H,2,11H2,1H3,(H,25,29)/t16-/m1/s1. The molecule has 164 valence electrons. The van der Waals surface area contributed by atoms with Crippen molar-refractivity contribution in [1.82, 2.24) is 4.90 Å². The van der Waals surface area contributed by atoms with E-state index in [0.717, 1.165) is 11.8 Å². The number of thioether (sulfide) groups is 1. The molecule has 1 heterocycles. The molecule has 1 N–H and O–H groups in total. The number of alkyl halides is 3. The molecule has 2 amide bonds. The number of aliphatic imine (C=N–C) groups is 1. The fourth-order valence-corrected chi connectivity index (χ4v) is 4.12. The highest BCUT2D eigenvalue weighted by atomic mass is 35.5. The van der Waals surface area contributed by atoms with Crippen molar-refractivity contribution in [3.05, 3.63) is 53.6 Å². The van der Waals surface area contributed by atoms with Crippen molar-refractivity contribution in [2.24, 2.45) is 4.99 Å². The highest BCUT2D eigenvalue weighted by Gasteiger charge is 2.35. The van der Waals surface area contributed by atoms with E-state index < -0.39 is 10.8 Å². The summed E-state index contributed by atoms with van der Waals surface area (Å²) in [6, 6.07) is 12.1. The molecule has 3 rings (SSSR count). The third-order valence-electron chi connectivity index (χ3n) is 4.16. The second-order valence-corrected chi connectivity index (χ2v) is 8.43. The van der Waals surface area contributed by atoms with Crippen LogP contribution in [-0.4, -0.2) is 39.2 Å². The first-order chi connectivity index (χ1) is 14.6. The smallest absolute Gasteiger partial charge is 0.420 e. The van der Waals surface area contributed by atoms with Crippen molar-refractivity contribution in [1.29, 1.82) is 0 Å². The van der Waals surface area contributed by atoms with Crippen LogP contribution < -0.4 is 10.1 Å². The van der Waals surface area contributed by atoms with Gasteiger partial charge in [-0.05, 0) is 55.5 Å². The van der Waals surface area contributed by atoms with E-state index in [1.165, 1.54) is 29.2 Å². The number of ether oxygens (including phenoxy) is 1. The van der Waals surface area contributed by atoms with Crippen LogP contribution in [0.2, 0.25) is 5.02 Å². The monoisotopic (exact) mass is 487 g/mol. The van der Waals surface area contributed by atoms with E-state index in [9.17, 15) is 18.4 Å². The van der Waals surface area contributed by atoms with E-state index >= 15 is 0 Å². The van der Waals surface area contributed by atoms with E-state index in [1.54, 1.807) is 31.2 Å². The van der Waals surface area contributed by atoms with Gasteiger partial charge in [-0.25, -0.2) is 4.99 Å². The SMILES string of the molecule is CCN1C(=O)C[C@H](C(=O)Nc2ccc(Cl)cc2)SC1=Nc1ccc(OC(F)(F)Cl)cc1. The van der Waals surface area contributed by atoms with Gasteiger partial charge in [0.15, 0.2) is 5.17 Å². The number of hydrogen-bond donors (Lipinski definition) is 1. The minimum Gasteiger partial charge on any atom is -0.420 e. The summed E-state index contributed by atoms with van der Waals surface area (Å²) in [5.41, 5.74) is -2.86. The van der Waals surface area contributed by atoms with Gasteiger partial charge >= 0.3 is 5.57 Å². The zero-order valence-electron chi connectivity index (χ0n) is 16.1. The highest BCUT2D eigenvalue weighted by Crippen LogP contribution is 2.31. The van der Waals surface area contributed by atoms with Gasteiger partial charge in [0.05, 0.1) is 5.69 Å². The Kier molecular flexibility index (Phi) is 7.40. The number of anilines is 1. The average molecular weight is 488 g/mol. The summed E-state index contributed by atoms with van der Waals surface area (Å²) >= 11 is 11.8. The molecule has 0 unspecified atom stereocenters. The summed E-state index contributed by atoms with van der Waals surface area (Å²) in [7, 11) is 0. The number of rotatable bonds is 6. The molecule has 0 aromatic heterocycles. The molecule has 6 nitrogen and oxygen atoms in total. The van der Waals surface area contributed by atoms with Crippen LogP contribution in [0.1, 0.15) is 13.3 Å². The summed E-state index contributed by atoms with van der Waals surface area (Å²) in [5.74, 6) is -0.709. The lowest BCUT2D eigenvalue weighted by Crippen LogP contribution is -2.45. The number of halogens is 4. The molecule has 31 heavy (non-hydrogen) atoms. The molecule has 0 bridgehead atoms. The van der Waals surface area contributed by atoms with E-state index in [4.69, 9.17) is 23.2 Å². The quantitative estimate of drug-likeness (QED) is 0.547. The second-order valence-electron chi connectivity index (χ2n) is 6.38. The fraction of sp³-hybridized carbons (Fsp3) is 0.250. The Labute approximate surface area is 191 Å². The minimum atomic E-state index is -3.82. The molecule has 11 heteroatoms. The maximum atomic E-state index is 12.7. The summed E-state index contributed by atoms with van der Waals surface area (Å²) in [6.45, 7) is 2.16. The molecule has 1 saturated heterocycles. The molecule has 0 saturated carbocycles. The maximum absolute atomic E-state index is 12.7. The molecule has 2 aromatic rings. The Morgan fingerprint density at radius 3 is 2.48 bits per heavy atom. The van der Waals surface area contributed by atoms with Crippen molar-refractivity contribution >= 4 is 63.3 Å². The third kappa shape index (κ3) is 6.56. The molecule has 1 fully saturated rings. The van der Waals surface area contributed by atoms with Gasteiger partial charge < -0.3 is 10.1 Å². The van der Waals surface area contributed by atoms with Gasteiger partial charge in [0.2, 0.25) is 11.8 Å². The molecule has 0 radical (unpaired) electrons. The minimum absolute atomic E-state index is 0.0224. The van der Waals surface area contributed by atoms with Crippen molar-refractivity contribution in [3.63, 3.8) is 0 Å². The van der Waals surface area contributed by atoms with Gasteiger partial charge in [0.1, 0.15) is 11.0 Å². The van der Waals surface area contributed by atoms with Crippen LogP contribution in [0.15, 0.2) is 53.5 Å². The number of amides is 2.